The van der Waals surface area contributed by atoms with Gasteiger partial charge in [0.25, 0.3) is 5.56 Å². The minimum absolute atomic E-state index is 0.0852. The lowest BCUT2D eigenvalue weighted by atomic mass is 10.0. The van der Waals surface area contributed by atoms with Gasteiger partial charge in [0.05, 0.1) is 6.42 Å². The second-order valence-electron chi connectivity index (χ2n) is 4.54. The molecule has 0 spiro atoms. The number of anilines is 1. The number of hydrogen-bond donors (Lipinski definition) is 1. The van der Waals surface area contributed by atoms with Gasteiger partial charge in [-0.2, -0.15) is 0 Å². The third kappa shape index (κ3) is 1.74. The first-order chi connectivity index (χ1) is 9.08. The summed E-state index contributed by atoms with van der Waals surface area (Å²) in [6.45, 7) is 1.28. The molecule has 0 bridgehead atoms. The molecule has 7 heteroatoms. The molecule has 2 heterocycles. The van der Waals surface area contributed by atoms with E-state index in [9.17, 15) is 14.4 Å². The summed E-state index contributed by atoms with van der Waals surface area (Å²) >= 11 is 0. The first kappa shape index (κ1) is 11.6. The maximum atomic E-state index is 12.1. The number of fused-ring (bicyclic) bond motifs is 1. The number of carbonyl (C=O) groups excluding carboxylic acids is 2. The van der Waals surface area contributed by atoms with Gasteiger partial charge in [0, 0.05) is 13.1 Å². The molecule has 0 unspecified atom stereocenters. The lowest BCUT2D eigenvalue weighted by molar-refractivity contribution is -0.121. The van der Waals surface area contributed by atoms with Crippen LogP contribution in [0.1, 0.15) is 12.8 Å². The Bertz CT molecular complexity index is 705. The van der Waals surface area contributed by atoms with Crippen molar-refractivity contribution in [1.29, 1.82) is 0 Å². The Hall–Kier alpha value is -2.44. The summed E-state index contributed by atoms with van der Waals surface area (Å²) < 4.78 is 3.20. The summed E-state index contributed by atoms with van der Waals surface area (Å²) in [5, 5.41) is 0. The Morgan fingerprint density at radius 1 is 1.11 bits per heavy atom. The molecule has 1 aliphatic carbocycles. The Kier molecular flexibility index (Phi) is 2.48. The minimum atomic E-state index is -0.386. The van der Waals surface area contributed by atoms with Crippen molar-refractivity contribution in [2.75, 3.05) is 5.73 Å². The lowest BCUT2D eigenvalue weighted by Crippen LogP contribution is -2.21. The molecule has 7 nitrogen and oxygen atoms in total. The highest BCUT2D eigenvalue weighted by atomic mass is 16.2. The van der Waals surface area contributed by atoms with Crippen LogP contribution in [0, 0.1) is 0 Å². The van der Waals surface area contributed by atoms with Crippen LogP contribution in [0.5, 0.6) is 0 Å². The van der Waals surface area contributed by atoms with E-state index in [-0.39, 0.29) is 40.8 Å². The lowest BCUT2D eigenvalue weighted by Gasteiger charge is -2.04. The molecule has 1 aliphatic heterocycles. The van der Waals surface area contributed by atoms with E-state index in [1.807, 2.05) is 0 Å². The summed E-state index contributed by atoms with van der Waals surface area (Å²) in [7, 11) is 0. The topological polar surface area (TPSA) is 99.5 Å². The predicted octanol–water partition coefficient (Wildman–Crippen LogP) is -0.194. The van der Waals surface area contributed by atoms with Crippen LogP contribution in [0.4, 0.5) is 11.5 Å². The van der Waals surface area contributed by atoms with Crippen molar-refractivity contribution >= 4 is 28.8 Å². The highest BCUT2D eigenvalue weighted by molar-refractivity contribution is 6.49. The number of ketones is 2. The van der Waals surface area contributed by atoms with Gasteiger partial charge in [0.1, 0.15) is 5.71 Å². The summed E-state index contributed by atoms with van der Waals surface area (Å²) in [6, 6.07) is 0. The number of Topliss-reactive ketones (excluding diaryl/α,β-unsaturated/α-hetero) is 1. The standard InChI is InChI=1S/C12H12N4O3/c13-11-10(12(19)16-5-1-4-15(11)16)14-8-3-2-7(17)6-9(8)18/h2-3H,1,4-6,13H2. The molecule has 1 aromatic heterocycles. The van der Waals surface area contributed by atoms with E-state index < -0.39 is 0 Å². The van der Waals surface area contributed by atoms with Gasteiger partial charge in [0.2, 0.25) is 0 Å². The number of aliphatic imine (C=N–C) groups is 1. The summed E-state index contributed by atoms with van der Waals surface area (Å²) in [5.74, 6) is -0.372. The van der Waals surface area contributed by atoms with Crippen LogP contribution in [0.3, 0.4) is 0 Å². The van der Waals surface area contributed by atoms with Crippen LogP contribution in [0.2, 0.25) is 0 Å². The molecule has 0 atom stereocenters. The zero-order chi connectivity index (χ0) is 13.6. The summed E-state index contributed by atoms with van der Waals surface area (Å²) in [4.78, 5) is 38.8. The number of aromatic nitrogens is 2. The zero-order valence-corrected chi connectivity index (χ0v) is 10.1. The molecule has 0 radical (unpaired) electrons. The zero-order valence-electron chi connectivity index (χ0n) is 10.1. The molecule has 0 saturated heterocycles. The first-order valence-electron chi connectivity index (χ1n) is 6.00. The second-order valence-corrected chi connectivity index (χ2v) is 4.54. The van der Waals surface area contributed by atoms with Crippen molar-refractivity contribution in [3.8, 4) is 0 Å². The van der Waals surface area contributed by atoms with Crippen LogP contribution in [-0.4, -0.2) is 26.6 Å². The molecule has 2 aliphatic rings. The third-order valence-electron chi connectivity index (χ3n) is 3.27. The average Bonchev–Trinajstić information content (AvgIpc) is 2.92. The first-order valence-corrected chi connectivity index (χ1v) is 6.00. The SMILES string of the molecule is Nc1c(N=C2C=CC(=O)CC2=O)c(=O)n2n1CCC2. The molecule has 98 valence electrons. The number of hydrogen-bond acceptors (Lipinski definition) is 5. The number of nitrogens with two attached hydrogens (primary N) is 1. The van der Waals surface area contributed by atoms with Crippen molar-refractivity contribution in [2.45, 2.75) is 25.9 Å². The largest absolute Gasteiger partial charge is 0.382 e. The van der Waals surface area contributed by atoms with Crippen LogP contribution >= 0.6 is 0 Å². The van der Waals surface area contributed by atoms with E-state index >= 15 is 0 Å². The van der Waals surface area contributed by atoms with Crippen LogP contribution < -0.4 is 11.3 Å². The Morgan fingerprint density at radius 2 is 1.84 bits per heavy atom. The highest BCUT2D eigenvalue weighted by Crippen LogP contribution is 2.22. The third-order valence-corrected chi connectivity index (χ3v) is 3.27. The molecule has 0 aromatic carbocycles. The summed E-state index contributed by atoms with van der Waals surface area (Å²) in [5.41, 5.74) is 5.78. The van der Waals surface area contributed by atoms with Crippen molar-refractivity contribution in [2.24, 2.45) is 4.99 Å². The van der Waals surface area contributed by atoms with Crippen molar-refractivity contribution in [3.63, 3.8) is 0 Å². The Labute approximate surface area is 108 Å². The van der Waals surface area contributed by atoms with Gasteiger partial charge in [-0.3, -0.25) is 19.1 Å². The molecule has 0 saturated carbocycles. The van der Waals surface area contributed by atoms with Gasteiger partial charge in [0.15, 0.2) is 23.1 Å². The molecule has 2 N–H and O–H groups in total. The molecular formula is C12H12N4O3. The molecule has 1 aromatic rings. The number of nitrogen functional groups attached to an aromatic ring is 1. The number of carbonyl (C=O) groups is 2. The Morgan fingerprint density at radius 3 is 2.53 bits per heavy atom. The molecular weight excluding hydrogens is 248 g/mol. The predicted molar refractivity (Wildman–Crippen MR) is 68.6 cm³/mol. The van der Waals surface area contributed by atoms with E-state index in [1.165, 1.54) is 16.8 Å². The quantitative estimate of drug-likeness (QED) is 0.707. The highest BCUT2D eigenvalue weighted by Gasteiger charge is 2.23. The number of allylic oxidation sites excluding steroid dienone is 2. The van der Waals surface area contributed by atoms with Crippen LogP contribution in [0.25, 0.3) is 0 Å². The average molecular weight is 260 g/mol. The number of rotatable bonds is 1. The van der Waals surface area contributed by atoms with E-state index in [0.29, 0.717) is 13.1 Å². The fourth-order valence-corrected chi connectivity index (χ4v) is 2.33. The van der Waals surface area contributed by atoms with Gasteiger partial charge in [-0.1, -0.05) is 0 Å². The molecule has 0 amide bonds. The number of nitrogens with zero attached hydrogens (tertiary/aromatic N) is 3. The fourth-order valence-electron chi connectivity index (χ4n) is 2.33. The van der Waals surface area contributed by atoms with Gasteiger partial charge >= 0.3 is 0 Å². The van der Waals surface area contributed by atoms with Crippen molar-refractivity contribution < 1.29 is 9.59 Å². The van der Waals surface area contributed by atoms with E-state index in [1.54, 1.807) is 4.68 Å². The minimum Gasteiger partial charge on any atom is -0.382 e. The fraction of sp³-hybridized carbons (Fsp3) is 0.333. The van der Waals surface area contributed by atoms with E-state index in [0.717, 1.165) is 6.42 Å². The molecule has 0 fully saturated rings. The van der Waals surface area contributed by atoms with Gasteiger partial charge in [-0.05, 0) is 18.6 Å². The maximum absolute atomic E-state index is 12.1. The Balaban J connectivity index is 2.10. The van der Waals surface area contributed by atoms with E-state index in [2.05, 4.69) is 4.99 Å². The smallest absolute Gasteiger partial charge is 0.294 e. The maximum Gasteiger partial charge on any atom is 0.294 e. The molecule has 3 rings (SSSR count). The van der Waals surface area contributed by atoms with E-state index in [4.69, 9.17) is 5.73 Å². The van der Waals surface area contributed by atoms with Crippen molar-refractivity contribution in [1.82, 2.24) is 9.36 Å². The molecule has 19 heavy (non-hydrogen) atoms. The van der Waals surface area contributed by atoms with Gasteiger partial charge in [-0.15, -0.1) is 0 Å². The second kappa shape index (κ2) is 4.04. The van der Waals surface area contributed by atoms with Crippen LogP contribution in [-0.2, 0) is 22.7 Å². The summed E-state index contributed by atoms with van der Waals surface area (Å²) in [6.07, 6.45) is 3.28. The normalized spacial score (nSPS) is 20.3. The van der Waals surface area contributed by atoms with Crippen molar-refractivity contribution in [3.05, 3.63) is 22.5 Å². The van der Waals surface area contributed by atoms with Crippen LogP contribution in [0.15, 0.2) is 21.9 Å². The van der Waals surface area contributed by atoms with Gasteiger partial charge in [-0.25, -0.2) is 9.67 Å². The van der Waals surface area contributed by atoms with Gasteiger partial charge < -0.3 is 5.73 Å². The monoisotopic (exact) mass is 260 g/mol.